The molecule has 3 aromatic carbocycles. The Labute approximate surface area is 885 Å². The summed E-state index contributed by atoms with van der Waals surface area (Å²) in [5.74, 6) is -19.8. The summed E-state index contributed by atoms with van der Waals surface area (Å²) in [6.45, 7) is 11.8. The Morgan fingerprint density at radius 1 is 0.533 bits per heavy atom. The maximum absolute atomic E-state index is 15.4. The number of nitrogens with one attached hydrogen (secondary N) is 1. The van der Waals surface area contributed by atoms with Crippen molar-refractivity contribution in [2.45, 2.75) is 259 Å². The number of nitrogens with two attached hydrogens (primary N) is 3. The lowest BCUT2D eigenvalue weighted by molar-refractivity contribution is -0.132. The van der Waals surface area contributed by atoms with E-state index in [1.54, 1.807) is 74.5 Å². The van der Waals surface area contributed by atoms with Crippen LogP contribution in [-0.4, -0.2) is 428 Å². The second kappa shape index (κ2) is 61.6. The smallest absolute Gasteiger partial charge is 0.249 e. The van der Waals surface area contributed by atoms with Crippen molar-refractivity contribution in [3.8, 4) is 5.75 Å². The molecule has 150 heavy (non-hydrogen) atoms. The summed E-state index contributed by atoms with van der Waals surface area (Å²) in [7, 11) is 0. The van der Waals surface area contributed by atoms with Gasteiger partial charge in [-0.3, -0.25) is 10.2 Å². The molecular formula is C98H141N25O23S4. The van der Waals surface area contributed by atoms with Crippen LogP contribution in [0.1, 0.15) is 143 Å². The Hall–Kier alpha value is -13.4. The minimum atomic E-state index is -1.78. The van der Waals surface area contributed by atoms with Crippen LogP contribution in [-0.2, 0) is 24.1 Å². The van der Waals surface area contributed by atoms with Gasteiger partial charge in [0.1, 0.15) is 127 Å². The van der Waals surface area contributed by atoms with Crippen LogP contribution < -0.4 is 17.2 Å². The van der Waals surface area contributed by atoms with Crippen molar-refractivity contribution in [3.05, 3.63) is 125 Å². The van der Waals surface area contributed by atoms with E-state index in [1.807, 2.05) is 20.8 Å². The second-order valence-corrected chi connectivity index (χ2v) is 40.8. The molecule has 5 aliphatic rings. The molecule has 8 rings (SSSR count). The van der Waals surface area contributed by atoms with Crippen molar-refractivity contribution in [2.24, 2.45) is 129 Å². The number of benzene rings is 3. The number of nitrogens with zero attached hydrogens (tertiary/aromatic N) is 21. The number of fused-ring (bicyclic) bond motifs is 5. The number of hydrogen-bond acceptors (Lipinski definition) is 30. The third-order valence-electron chi connectivity index (χ3n) is 24.0. The van der Waals surface area contributed by atoms with E-state index in [1.165, 1.54) is 67.6 Å². The number of aliphatic hydroxyl groups is 21. The number of rotatable bonds is 36. The van der Waals surface area contributed by atoms with Crippen LogP contribution in [0.25, 0.3) is 0 Å². The Morgan fingerprint density at radius 3 is 1.67 bits per heavy atom. The molecule has 820 valence electrons. The summed E-state index contributed by atoms with van der Waals surface area (Å²) in [5, 5.41) is 267. The Kier molecular flexibility index (Phi) is 50.0. The van der Waals surface area contributed by atoms with Gasteiger partial charge in [0, 0.05) is 71.8 Å². The third-order valence-corrected chi connectivity index (χ3v) is 28.3. The zero-order valence-corrected chi connectivity index (χ0v) is 87.9. The van der Waals surface area contributed by atoms with Crippen LogP contribution in [0.15, 0.2) is 208 Å². The molecule has 0 saturated carbocycles. The van der Waals surface area contributed by atoms with Crippen LogP contribution in [0.5, 0.6) is 5.75 Å². The minimum absolute atomic E-state index is 0.0165. The molecule has 1 amide bonds. The maximum atomic E-state index is 15.4. The van der Waals surface area contributed by atoms with Gasteiger partial charge in [0.25, 0.3) is 0 Å². The lowest BCUT2D eigenvalue weighted by atomic mass is 10.00. The normalized spacial score (nSPS) is 26.3. The number of unbranched alkanes of at least 4 members (excludes halogenated alkanes) is 2. The van der Waals surface area contributed by atoms with Gasteiger partial charge in [0.2, 0.25) is 118 Å². The van der Waals surface area contributed by atoms with Gasteiger partial charge in [-0.05, 0) is 138 Å². The molecule has 3 aromatic rings. The third kappa shape index (κ3) is 39.2. The van der Waals surface area contributed by atoms with Crippen LogP contribution >= 0.6 is 47.0 Å². The fraction of sp³-hybridized carbons (Fsp3) is 0.551. The molecule has 1 saturated heterocycles. The highest BCUT2D eigenvalue weighted by Gasteiger charge is 2.42. The highest BCUT2D eigenvalue weighted by Crippen LogP contribution is 2.31. The molecule has 5 aliphatic heterocycles. The van der Waals surface area contributed by atoms with Gasteiger partial charge in [0.15, 0.2) is 11.8 Å². The summed E-state index contributed by atoms with van der Waals surface area (Å²) in [6, 6.07) is -3.21. The first-order valence-corrected chi connectivity index (χ1v) is 53.4. The van der Waals surface area contributed by atoms with Gasteiger partial charge in [-0.15, -0.1) is 11.8 Å². The minimum Gasteiger partial charge on any atom is -0.508 e. The molecule has 5 heterocycles. The first-order chi connectivity index (χ1) is 71.5. The van der Waals surface area contributed by atoms with Crippen LogP contribution in [0.2, 0.25) is 0 Å². The average molecular weight is 2170 g/mol. The lowest BCUT2D eigenvalue weighted by Crippen LogP contribution is -2.48. The maximum Gasteiger partial charge on any atom is 0.249 e. The number of amides is 1. The fourth-order valence-electron chi connectivity index (χ4n) is 15.3. The predicted octanol–water partition coefficient (Wildman–Crippen LogP) is 11.8. The highest BCUT2D eigenvalue weighted by atomic mass is 32.2. The Bertz CT molecular complexity index is 5680. The van der Waals surface area contributed by atoms with Gasteiger partial charge in [-0.2, -0.15) is 35.3 Å². The first-order valence-electron chi connectivity index (χ1n) is 49.0. The molecular weight excluding hydrogens is 2020 g/mol. The molecule has 0 unspecified atom stereocenters. The van der Waals surface area contributed by atoms with Crippen molar-refractivity contribution < 1.29 is 117 Å². The number of carbonyl (C=O) groups excluding carboxylic acids is 1. The molecule has 0 aromatic heterocycles. The van der Waals surface area contributed by atoms with Crippen molar-refractivity contribution in [1.82, 2.24) is 4.90 Å². The summed E-state index contributed by atoms with van der Waals surface area (Å²) in [4.78, 5) is 104. The molecule has 2 bridgehead atoms. The van der Waals surface area contributed by atoms with Gasteiger partial charge >= 0.3 is 0 Å². The van der Waals surface area contributed by atoms with E-state index < -0.39 is 269 Å². The molecule has 29 N–H and O–H groups in total. The van der Waals surface area contributed by atoms with Crippen molar-refractivity contribution in [1.29, 1.82) is 5.41 Å². The van der Waals surface area contributed by atoms with E-state index in [0.29, 0.717) is 48.8 Å². The molecule has 0 aliphatic carbocycles. The highest BCUT2D eigenvalue weighted by molar-refractivity contribution is 8.02. The van der Waals surface area contributed by atoms with Crippen LogP contribution in [0.4, 0.5) is 0 Å². The van der Waals surface area contributed by atoms with Gasteiger partial charge in [-0.1, -0.05) is 120 Å². The van der Waals surface area contributed by atoms with E-state index in [4.69, 9.17) is 22.6 Å². The standard InChI is InChI=1S/C98H141N25O23S4/c1-9-52(5)78(102)97(145)107-54(7)81(129)118-71-48-149-49-72(121-86(134)63(38-51(3)4)113-87(135)64(39-56-22-13-11-14-23-56)114-85(133)62(112-93(71)141)27-18-20-34-100)95(143)122-79-55(8)150-50-73(109-77(127)44-105-96(144)74-28-21-36-123(74)98(79)146)91(139)106-53(6)80(128)111-61(26-17-19-33-99)84(132)110-60(10-2)82(130)104-43-76(126)108-69-47-148-46-68-83(131)103-35-37-147-45-70(94(142)116-66(89(137)119-68)41-58-29-31-59(124)32-30-58)120-90(138)67(42-75(101)125)117-88(136)65(115-92(69)140)40-57-24-15-12-16-25-57/h10-16,22-25,29-32,35,37,51-55,61-74,78-79,124H,9,17-21,26-28,33-34,36,38-50,99-100,102H2,1-8H3,(H2,101,125)(H,103,131)(H,104,130)(H,105,144)(H,106,139)(H,107,145)(H,108,126)(H,109,127)(H,110,132)(H,111,128)(H,112,141)(H,113,135)(H,114,133)(H,115,140)(H,116,142)(H,117,136)(H,118,129)(H,119,137)(H,120,138)(H,121,134)(H,122,143)/b37-35-,60-10-/t52-,53-,54-,55-,61-,62-,63-,64-,65-,66-,67-,68-,69+,70+,71+,72-,73-,74-,78-,79+/m0/s1. The molecule has 1 fully saturated rings. The molecule has 48 nitrogen and oxygen atoms in total. The van der Waals surface area contributed by atoms with E-state index in [9.17, 15) is 112 Å². The quantitative estimate of drug-likeness (QED) is 0.0146. The second-order valence-electron chi connectivity index (χ2n) is 36.3. The summed E-state index contributed by atoms with van der Waals surface area (Å²) >= 11 is 3.75. The number of aromatic hydroxyl groups is 1. The number of allylic oxidation sites excluding steroid dienone is 1. The van der Waals surface area contributed by atoms with Gasteiger partial charge < -0.3 is 134 Å². The van der Waals surface area contributed by atoms with Crippen molar-refractivity contribution in [2.75, 3.05) is 67.2 Å². The Morgan fingerprint density at radius 2 is 1.07 bits per heavy atom. The number of phenolic OH excluding ortho intramolecular Hbond substituents is 1. The first kappa shape index (κ1) is 122. The Balaban J connectivity index is 1.14. The van der Waals surface area contributed by atoms with E-state index in [0.717, 1.165) is 47.0 Å². The monoisotopic (exact) mass is 2160 g/mol. The zero-order chi connectivity index (χ0) is 110. The number of aliphatic imine (C=N–C) groups is 20. The van der Waals surface area contributed by atoms with Crippen molar-refractivity contribution >= 4 is 177 Å². The SMILES string of the molecule is C/C=C(\N=C(O)[C@H](CCCCN)N=C(O)[C@H](C)N=C(O)[C@@H]1CS[C@@H](C)[C@@H](N=C(O)[C@@H]2CSC[C@@H](N=C(O)[C@H](C)N=C(O)[C@@H](N)[C@@H](C)CC)C(O)=N[C@@H](CCCCN)C(O)=N[C@@H](Cc3ccccc3)C(O)=N[C@@H](CC(C)C)C(O)=N2)C(=O)N2CCC[C@H]2C(O)=NCC(O)=N1)C(O)=NCC(O)=N[C@@H]1CSC[C@@H]2N=C(O)[C@H](Cc3ccc(O)cc3)N=C(O)[C@@H](CS/C=C\N=C2O)N=C(O)[C@H](CC(=N)O)N=C(O)[C@H](Cc2ccccc2)N=C1O. The summed E-state index contributed by atoms with van der Waals surface area (Å²) in [6.07, 6.45) is 3.57. The van der Waals surface area contributed by atoms with Crippen LogP contribution in [0, 0.1) is 17.2 Å². The molecule has 0 radical (unpaired) electrons. The van der Waals surface area contributed by atoms with E-state index in [-0.39, 0.29) is 123 Å². The summed E-state index contributed by atoms with van der Waals surface area (Å²) in [5.41, 5.74) is 19.3. The predicted molar refractivity (Wildman–Crippen MR) is 599 cm³/mol. The lowest BCUT2D eigenvalue weighted by Gasteiger charge is -2.29. The molecule has 52 heteroatoms. The van der Waals surface area contributed by atoms with E-state index >= 15 is 4.79 Å². The fourth-order valence-corrected chi connectivity index (χ4v) is 19.1. The summed E-state index contributed by atoms with van der Waals surface area (Å²) < 4.78 is 0. The number of aliphatic hydroxyl groups excluding tert-OH is 21. The van der Waals surface area contributed by atoms with Crippen molar-refractivity contribution in [3.63, 3.8) is 0 Å². The van der Waals surface area contributed by atoms with Gasteiger partial charge in [-0.25, -0.2) is 99.8 Å². The molecule has 0 spiro atoms. The van der Waals surface area contributed by atoms with Gasteiger partial charge in [0.05, 0.1) is 12.5 Å². The topological polar surface area (TPSA) is 814 Å². The van der Waals surface area contributed by atoms with E-state index in [2.05, 4.69) is 99.8 Å². The molecule has 20 atom stereocenters. The van der Waals surface area contributed by atoms with Crippen LogP contribution in [0.3, 0.4) is 0 Å². The zero-order valence-electron chi connectivity index (χ0n) is 84.6. The number of phenols is 1. The number of thioether (sulfide) groups is 4. The number of hydrogen-bond donors (Lipinski definition) is 26. The average Bonchev–Trinajstić information content (AvgIpc) is 1.63. The largest absolute Gasteiger partial charge is 0.508 e. The number of carbonyl (C=O) groups is 1.